The van der Waals surface area contributed by atoms with Crippen molar-refractivity contribution >= 4 is 22.8 Å². The second kappa shape index (κ2) is 8.29. The minimum absolute atomic E-state index is 0.120. The van der Waals surface area contributed by atoms with Gasteiger partial charge in [-0.25, -0.2) is 9.67 Å². The lowest BCUT2D eigenvalue weighted by molar-refractivity contribution is -0.127. The fourth-order valence-corrected chi connectivity index (χ4v) is 4.61. The molecule has 2 aromatic rings. The van der Waals surface area contributed by atoms with Crippen LogP contribution in [0.15, 0.2) is 18.3 Å². The number of nitrogens with one attached hydrogen (secondary N) is 1. The molecule has 3 heterocycles. The number of hydrogen-bond acceptors (Lipinski definition) is 4. The van der Waals surface area contributed by atoms with Crippen molar-refractivity contribution in [2.45, 2.75) is 57.9 Å². The van der Waals surface area contributed by atoms with E-state index in [4.69, 9.17) is 5.10 Å². The van der Waals surface area contributed by atoms with Gasteiger partial charge in [-0.05, 0) is 37.3 Å². The van der Waals surface area contributed by atoms with Gasteiger partial charge < -0.3 is 10.2 Å². The maximum Gasteiger partial charge on any atom is 0.220 e. The first kappa shape index (κ1) is 18.9. The molecule has 2 fully saturated rings. The number of hydrogen-bond donors (Lipinski definition) is 1. The molecule has 0 bridgehead atoms. The molecular weight excluding hydrogens is 354 g/mol. The summed E-state index contributed by atoms with van der Waals surface area (Å²) in [5.41, 5.74) is 1.87. The molecule has 2 amide bonds. The maximum absolute atomic E-state index is 12.2. The fraction of sp³-hybridized carbons (Fsp3) is 0.619. The van der Waals surface area contributed by atoms with Crippen LogP contribution in [-0.2, 0) is 16.1 Å². The van der Waals surface area contributed by atoms with E-state index in [-0.39, 0.29) is 17.7 Å². The van der Waals surface area contributed by atoms with Gasteiger partial charge in [0.25, 0.3) is 0 Å². The maximum atomic E-state index is 12.2. The molecule has 2 aromatic heterocycles. The number of carbonyl (C=O) groups is 2. The smallest absolute Gasteiger partial charge is 0.220 e. The summed E-state index contributed by atoms with van der Waals surface area (Å²) in [6.45, 7) is 4.28. The quantitative estimate of drug-likeness (QED) is 0.831. The average molecular weight is 383 g/mol. The largest absolute Gasteiger partial charge is 0.354 e. The van der Waals surface area contributed by atoms with Gasteiger partial charge >= 0.3 is 0 Å². The van der Waals surface area contributed by atoms with E-state index in [1.165, 1.54) is 25.7 Å². The topological polar surface area (TPSA) is 80.1 Å². The molecule has 1 atom stereocenters. The number of likely N-dealkylation sites (tertiary alicyclic amines) is 1. The monoisotopic (exact) mass is 383 g/mol. The molecule has 2 aliphatic rings. The molecule has 0 spiro atoms. The van der Waals surface area contributed by atoms with Crippen LogP contribution in [0.25, 0.3) is 11.0 Å². The van der Waals surface area contributed by atoms with E-state index >= 15 is 0 Å². The Labute approximate surface area is 165 Å². The highest BCUT2D eigenvalue weighted by Gasteiger charge is 2.29. The van der Waals surface area contributed by atoms with E-state index in [1.54, 1.807) is 13.1 Å². The highest BCUT2D eigenvalue weighted by Crippen LogP contribution is 2.31. The Morgan fingerprint density at radius 1 is 1.25 bits per heavy atom. The zero-order valence-electron chi connectivity index (χ0n) is 16.6. The molecule has 7 nitrogen and oxygen atoms in total. The highest BCUT2D eigenvalue weighted by atomic mass is 16.2. The average Bonchev–Trinajstić information content (AvgIpc) is 3.41. The number of carbonyl (C=O) groups excluding carboxylic acids is 2. The van der Waals surface area contributed by atoms with Crippen LogP contribution < -0.4 is 5.32 Å². The Bertz CT molecular complexity index is 856. The van der Waals surface area contributed by atoms with E-state index in [0.29, 0.717) is 32.0 Å². The molecule has 0 radical (unpaired) electrons. The predicted octanol–water partition coefficient (Wildman–Crippen LogP) is 2.46. The first-order chi connectivity index (χ1) is 13.6. The molecule has 0 unspecified atom stereocenters. The van der Waals surface area contributed by atoms with Gasteiger partial charge in [0.2, 0.25) is 11.8 Å². The number of amides is 2. The van der Waals surface area contributed by atoms with Gasteiger partial charge in [0.1, 0.15) is 0 Å². The number of rotatable bonds is 6. The fourth-order valence-electron chi connectivity index (χ4n) is 4.61. The van der Waals surface area contributed by atoms with Crippen molar-refractivity contribution < 1.29 is 9.59 Å². The lowest BCUT2D eigenvalue weighted by Gasteiger charge is -2.13. The molecule has 7 heteroatoms. The summed E-state index contributed by atoms with van der Waals surface area (Å²) in [4.78, 5) is 30.2. The molecule has 4 rings (SSSR count). The second-order valence-corrected chi connectivity index (χ2v) is 8.14. The van der Waals surface area contributed by atoms with Crippen LogP contribution in [0, 0.1) is 5.92 Å². The lowest BCUT2D eigenvalue weighted by atomic mass is 10.0. The third-order valence-corrected chi connectivity index (χ3v) is 6.15. The minimum Gasteiger partial charge on any atom is -0.354 e. The zero-order valence-corrected chi connectivity index (χ0v) is 16.6. The molecular formula is C21H29N5O2. The normalized spacial score (nSPS) is 20.2. The molecule has 28 heavy (non-hydrogen) atoms. The summed E-state index contributed by atoms with van der Waals surface area (Å²) >= 11 is 0. The van der Waals surface area contributed by atoms with Crippen LogP contribution in [0.2, 0.25) is 0 Å². The Balaban J connectivity index is 1.41. The van der Waals surface area contributed by atoms with Gasteiger partial charge in [-0.2, -0.15) is 5.10 Å². The van der Waals surface area contributed by atoms with E-state index in [0.717, 1.165) is 29.7 Å². The molecule has 150 valence electrons. The Morgan fingerprint density at radius 3 is 2.82 bits per heavy atom. The number of pyridine rings is 1. The van der Waals surface area contributed by atoms with Gasteiger partial charge in [0.15, 0.2) is 5.65 Å². The Kier molecular flexibility index (Phi) is 5.59. The summed E-state index contributed by atoms with van der Waals surface area (Å²) in [6, 6.07) is 3.98. The van der Waals surface area contributed by atoms with Crippen LogP contribution in [0.3, 0.4) is 0 Å². The van der Waals surface area contributed by atoms with Crippen LogP contribution in [0.1, 0.15) is 57.1 Å². The predicted molar refractivity (Wildman–Crippen MR) is 107 cm³/mol. The second-order valence-electron chi connectivity index (χ2n) is 8.14. The molecule has 1 N–H and O–H groups in total. The third kappa shape index (κ3) is 4.03. The number of nitrogens with zero attached hydrogens (tertiary/aromatic N) is 4. The van der Waals surface area contributed by atoms with Crippen LogP contribution in [0.4, 0.5) is 0 Å². The van der Waals surface area contributed by atoms with Crippen molar-refractivity contribution in [2.24, 2.45) is 5.92 Å². The van der Waals surface area contributed by atoms with E-state index < -0.39 is 0 Å². The zero-order chi connectivity index (χ0) is 19.5. The SMILES string of the molecule is CC(=O)N1CC[C@H](c2nn(CCNC(=O)CC3CCCC3)c3ncccc23)C1. The number of aromatic nitrogens is 3. The summed E-state index contributed by atoms with van der Waals surface area (Å²) in [5.74, 6) is 1.07. The lowest BCUT2D eigenvalue weighted by Crippen LogP contribution is -2.28. The summed E-state index contributed by atoms with van der Waals surface area (Å²) in [7, 11) is 0. The number of fused-ring (bicyclic) bond motifs is 1. The van der Waals surface area contributed by atoms with Crippen molar-refractivity contribution in [1.82, 2.24) is 25.0 Å². The van der Waals surface area contributed by atoms with Gasteiger partial charge in [-0.3, -0.25) is 9.59 Å². The van der Waals surface area contributed by atoms with Gasteiger partial charge in [0, 0.05) is 50.5 Å². The van der Waals surface area contributed by atoms with Crippen LogP contribution >= 0.6 is 0 Å². The van der Waals surface area contributed by atoms with Crippen molar-refractivity contribution in [3.8, 4) is 0 Å². The highest BCUT2D eigenvalue weighted by molar-refractivity contribution is 5.79. The van der Waals surface area contributed by atoms with E-state index in [9.17, 15) is 9.59 Å². The van der Waals surface area contributed by atoms with Crippen molar-refractivity contribution in [2.75, 3.05) is 19.6 Å². The van der Waals surface area contributed by atoms with Gasteiger partial charge in [0.05, 0.1) is 12.2 Å². The summed E-state index contributed by atoms with van der Waals surface area (Å²) in [5, 5.41) is 8.92. The molecule has 1 aliphatic heterocycles. The van der Waals surface area contributed by atoms with E-state index in [2.05, 4.69) is 16.4 Å². The van der Waals surface area contributed by atoms with Crippen LogP contribution in [0.5, 0.6) is 0 Å². The van der Waals surface area contributed by atoms with Gasteiger partial charge in [-0.1, -0.05) is 12.8 Å². The molecule has 1 saturated heterocycles. The first-order valence-corrected chi connectivity index (χ1v) is 10.5. The van der Waals surface area contributed by atoms with Crippen molar-refractivity contribution in [3.63, 3.8) is 0 Å². The van der Waals surface area contributed by atoms with Crippen LogP contribution in [-0.4, -0.2) is 51.1 Å². The van der Waals surface area contributed by atoms with Crippen molar-refractivity contribution in [1.29, 1.82) is 0 Å². The van der Waals surface area contributed by atoms with Gasteiger partial charge in [-0.15, -0.1) is 0 Å². The Hall–Kier alpha value is -2.44. The molecule has 0 aromatic carbocycles. The minimum atomic E-state index is 0.120. The third-order valence-electron chi connectivity index (χ3n) is 6.15. The molecule has 1 saturated carbocycles. The van der Waals surface area contributed by atoms with Crippen molar-refractivity contribution in [3.05, 3.63) is 24.0 Å². The standard InChI is InChI=1S/C21H29N5O2/c1-15(27)25-11-8-17(14-25)20-18-7-4-9-23-21(18)26(24-20)12-10-22-19(28)13-16-5-2-3-6-16/h4,7,9,16-17H,2-3,5-6,8,10-14H2,1H3,(H,22,28)/t17-/m0/s1. The summed E-state index contributed by atoms with van der Waals surface area (Å²) < 4.78 is 1.90. The Morgan fingerprint density at radius 2 is 2.07 bits per heavy atom. The van der Waals surface area contributed by atoms with E-state index in [1.807, 2.05) is 15.6 Å². The first-order valence-electron chi connectivity index (χ1n) is 10.5. The molecule has 1 aliphatic carbocycles. The summed E-state index contributed by atoms with van der Waals surface area (Å²) in [6.07, 6.45) is 8.23.